The maximum Gasteiger partial charge on any atom is 0.234 e. The molecule has 18 heavy (non-hydrogen) atoms. The molecule has 1 aliphatic rings. The number of nitrogens with one attached hydrogen (secondary N) is 2. The number of likely N-dealkylation sites (N-methyl/N-ethyl adjacent to an activating group) is 1. The second-order valence-electron chi connectivity index (χ2n) is 5.15. The summed E-state index contributed by atoms with van der Waals surface area (Å²) in [5.41, 5.74) is 0. The molecular weight excluding hydrogens is 226 g/mol. The first-order valence-electron chi connectivity index (χ1n) is 7.48. The molecule has 1 fully saturated rings. The smallest absolute Gasteiger partial charge is 0.234 e. The standard InChI is InChI=1S/C14H29N3O/c1-3-10-17(4-2)11-9-15-14(18)12-16-13-7-5-6-8-13/h13,16H,3-12H2,1-2H3,(H,15,18). The molecular formula is C14H29N3O. The van der Waals surface area contributed by atoms with E-state index in [1.165, 1.54) is 32.1 Å². The molecule has 4 nitrogen and oxygen atoms in total. The Morgan fingerprint density at radius 3 is 2.56 bits per heavy atom. The molecule has 4 heteroatoms. The van der Waals surface area contributed by atoms with Crippen molar-refractivity contribution in [3.63, 3.8) is 0 Å². The number of carbonyl (C=O) groups excluding carboxylic acids is 1. The van der Waals surface area contributed by atoms with Gasteiger partial charge in [0.2, 0.25) is 5.91 Å². The van der Waals surface area contributed by atoms with Crippen molar-refractivity contribution in [3.05, 3.63) is 0 Å². The number of hydrogen-bond donors (Lipinski definition) is 2. The van der Waals surface area contributed by atoms with Gasteiger partial charge in [-0.05, 0) is 32.4 Å². The quantitative estimate of drug-likeness (QED) is 0.654. The second-order valence-corrected chi connectivity index (χ2v) is 5.15. The molecule has 1 saturated carbocycles. The largest absolute Gasteiger partial charge is 0.354 e. The van der Waals surface area contributed by atoms with Crippen LogP contribution in [-0.2, 0) is 4.79 Å². The average molecular weight is 255 g/mol. The van der Waals surface area contributed by atoms with Crippen LogP contribution in [0.1, 0.15) is 46.0 Å². The van der Waals surface area contributed by atoms with Gasteiger partial charge in [-0.3, -0.25) is 4.79 Å². The minimum Gasteiger partial charge on any atom is -0.354 e. The monoisotopic (exact) mass is 255 g/mol. The van der Waals surface area contributed by atoms with Crippen molar-refractivity contribution >= 4 is 5.91 Å². The van der Waals surface area contributed by atoms with Crippen LogP contribution in [0.3, 0.4) is 0 Å². The van der Waals surface area contributed by atoms with Crippen LogP contribution in [0.2, 0.25) is 0 Å². The van der Waals surface area contributed by atoms with Crippen LogP contribution in [-0.4, -0.2) is 49.6 Å². The Morgan fingerprint density at radius 2 is 1.94 bits per heavy atom. The minimum absolute atomic E-state index is 0.134. The summed E-state index contributed by atoms with van der Waals surface area (Å²) in [6.45, 7) is 8.73. The van der Waals surface area contributed by atoms with Crippen LogP contribution in [0.5, 0.6) is 0 Å². The highest BCUT2D eigenvalue weighted by Gasteiger charge is 2.14. The van der Waals surface area contributed by atoms with E-state index in [-0.39, 0.29) is 5.91 Å². The van der Waals surface area contributed by atoms with Gasteiger partial charge < -0.3 is 15.5 Å². The number of hydrogen-bond acceptors (Lipinski definition) is 3. The van der Waals surface area contributed by atoms with Crippen LogP contribution in [0.4, 0.5) is 0 Å². The average Bonchev–Trinajstić information content (AvgIpc) is 2.88. The third-order valence-electron chi connectivity index (χ3n) is 3.64. The predicted octanol–water partition coefficient (Wildman–Crippen LogP) is 1.37. The van der Waals surface area contributed by atoms with Crippen LogP contribution in [0.15, 0.2) is 0 Å². The van der Waals surface area contributed by atoms with Gasteiger partial charge in [-0.1, -0.05) is 26.7 Å². The molecule has 0 spiro atoms. The Hall–Kier alpha value is -0.610. The summed E-state index contributed by atoms with van der Waals surface area (Å²) >= 11 is 0. The molecule has 0 bridgehead atoms. The summed E-state index contributed by atoms with van der Waals surface area (Å²) in [6, 6.07) is 0.572. The minimum atomic E-state index is 0.134. The first kappa shape index (κ1) is 15.4. The fraction of sp³-hybridized carbons (Fsp3) is 0.929. The zero-order valence-electron chi connectivity index (χ0n) is 12.0. The summed E-state index contributed by atoms with van der Waals surface area (Å²) in [5, 5.41) is 6.32. The first-order chi connectivity index (χ1) is 8.76. The van der Waals surface area contributed by atoms with Gasteiger partial charge in [-0.25, -0.2) is 0 Å². The maximum atomic E-state index is 11.6. The topological polar surface area (TPSA) is 44.4 Å². The highest BCUT2D eigenvalue weighted by molar-refractivity contribution is 5.77. The van der Waals surface area contributed by atoms with Gasteiger partial charge in [0.1, 0.15) is 0 Å². The van der Waals surface area contributed by atoms with Crippen LogP contribution < -0.4 is 10.6 Å². The second kappa shape index (κ2) is 9.34. The van der Waals surface area contributed by atoms with Crippen molar-refractivity contribution in [2.24, 2.45) is 0 Å². The molecule has 0 aromatic rings. The van der Waals surface area contributed by atoms with Gasteiger partial charge in [-0.2, -0.15) is 0 Å². The maximum absolute atomic E-state index is 11.6. The Balaban J connectivity index is 2.01. The molecule has 1 rings (SSSR count). The summed E-state index contributed by atoms with van der Waals surface area (Å²) in [4.78, 5) is 14.0. The highest BCUT2D eigenvalue weighted by atomic mass is 16.1. The molecule has 0 saturated heterocycles. The van der Waals surface area contributed by atoms with Crippen LogP contribution >= 0.6 is 0 Å². The third kappa shape index (κ3) is 6.36. The van der Waals surface area contributed by atoms with Crippen molar-refractivity contribution < 1.29 is 4.79 Å². The molecule has 0 aliphatic heterocycles. The predicted molar refractivity (Wildman–Crippen MR) is 75.7 cm³/mol. The molecule has 0 heterocycles. The molecule has 0 aromatic heterocycles. The number of amides is 1. The number of nitrogens with zero attached hydrogens (tertiary/aromatic N) is 1. The highest BCUT2D eigenvalue weighted by Crippen LogP contribution is 2.17. The van der Waals surface area contributed by atoms with Gasteiger partial charge in [0.25, 0.3) is 0 Å². The summed E-state index contributed by atoms with van der Waals surface area (Å²) in [6.07, 6.45) is 6.25. The molecule has 1 amide bonds. The first-order valence-corrected chi connectivity index (χ1v) is 7.48. The number of rotatable bonds is 9. The normalized spacial score (nSPS) is 16.4. The molecule has 0 aromatic carbocycles. The van der Waals surface area contributed by atoms with E-state index in [9.17, 15) is 4.79 Å². The Labute approximate surface area is 111 Å². The molecule has 0 atom stereocenters. The van der Waals surface area contributed by atoms with E-state index in [0.29, 0.717) is 12.6 Å². The van der Waals surface area contributed by atoms with Crippen LogP contribution in [0.25, 0.3) is 0 Å². The van der Waals surface area contributed by atoms with E-state index < -0.39 is 0 Å². The Kier molecular flexibility index (Phi) is 8.01. The van der Waals surface area contributed by atoms with Gasteiger partial charge in [-0.15, -0.1) is 0 Å². The fourth-order valence-corrected chi connectivity index (χ4v) is 2.53. The lowest BCUT2D eigenvalue weighted by Crippen LogP contribution is -2.41. The zero-order chi connectivity index (χ0) is 13.2. The lowest BCUT2D eigenvalue weighted by atomic mass is 10.2. The van der Waals surface area contributed by atoms with E-state index in [1.54, 1.807) is 0 Å². The molecule has 0 unspecified atom stereocenters. The van der Waals surface area contributed by atoms with Crippen molar-refractivity contribution in [2.45, 2.75) is 52.0 Å². The van der Waals surface area contributed by atoms with E-state index >= 15 is 0 Å². The van der Waals surface area contributed by atoms with Crippen molar-refractivity contribution in [1.29, 1.82) is 0 Å². The van der Waals surface area contributed by atoms with Crippen molar-refractivity contribution in [1.82, 2.24) is 15.5 Å². The van der Waals surface area contributed by atoms with Gasteiger partial charge >= 0.3 is 0 Å². The van der Waals surface area contributed by atoms with Gasteiger partial charge in [0.15, 0.2) is 0 Å². The lowest BCUT2D eigenvalue weighted by molar-refractivity contribution is -0.120. The van der Waals surface area contributed by atoms with E-state index in [1.807, 2.05) is 0 Å². The number of carbonyl (C=O) groups is 1. The van der Waals surface area contributed by atoms with E-state index in [4.69, 9.17) is 0 Å². The Morgan fingerprint density at radius 1 is 1.22 bits per heavy atom. The van der Waals surface area contributed by atoms with Crippen molar-refractivity contribution in [3.8, 4) is 0 Å². The van der Waals surface area contributed by atoms with Crippen LogP contribution in [0, 0.1) is 0 Å². The molecule has 1 aliphatic carbocycles. The fourth-order valence-electron chi connectivity index (χ4n) is 2.53. The van der Waals surface area contributed by atoms with Crippen molar-refractivity contribution in [2.75, 3.05) is 32.7 Å². The Bertz CT molecular complexity index is 227. The zero-order valence-corrected chi connectivity index (χ0v) is 12.0. The summed E-state index contributed by atoms with van der Waals surface area (Å²) in [7, 11) is 0. The van der Waals surface area contributed by atoms with E-state index in [0.717, 1.165) is 26.2 Å². The summed E-state index contributed by atoms with van der Waals surface area (Å²) in [5.74, 6) is 0.134. The molecule has 0 radical (unpaired) electrons. The molecule has 2 N–H and O–H groups in total. The van der Waals surface area contributed by atoms with Gasteiger partial charge in [0.05, 0.1) is 6.54 Å². The van der Waals surface area contributed by atoms with E-state index in [2.05, 4.69) is 29.4 Å². The molecule has 106 valence electrons. The lowest BCUT2D eigenvalue weighted by Gasteiger charge is -2.19. The SMILES string of the molecule is CCCN(CC)CCNC(=O)CNC1CCCC1. The third-order valence-corrected chi connectivity index (χ3v) is 3.64. The summed E-state index contributed by atoms with van der Waals surface area (Å²) < 4.78 is 0. The van der Waals surface area contributed by atoms with Gasteiger partial charge in [0, 0.05) is 19.1 Å².